The number of halogens is 3. The molecule has 0 aromatic heterocycles. The molecule has 2 rings (SSSR count). The summed E-state index contributed by atoms with van der Waals surface area (Å²) in [4.78, 5) is 12.6. The molecule has 134 valence electrons. The van der Waals surface area contributed by atoms with E-state index < -0.39 is 16.5 Å². The van der Waals surface area contributed by atoms with Gasteiger partial charge in [-0.3, -0.25) is 5.32 Å². The number of alkyl carbamates (subject to hydrolysis) is 1. The molecule has 0 fully saturated rings. The Kier molecular flexibility index (Phi) is 6.66. The van der Waals surface area contributed by atoms with E-state index in [1.54, 1.807) is 60.7 Å². The van der Waals surface area contributed by atoms with Crippen molar-refractivity contribution in [3.8, 4) is 0 Å². The second-order valence-electron chi connectivity index (χ2n) is 4.79. The Hall–Kier alpha value is -1.80. The van der Waals surface area contributed by atoms with Crippen LogP contribution in [0.2, 0.25) is 0 Å². The highest BCUT2D eigenvalue weighted by Crippen LogP contribution is 2.53. The number of nitrogens with one attached hydrogen (secondary N) is 1. The van der Waals surface area contributed by atoms with Gasteiger partial charge in [-0.25, -0.2) is 4.79 Å². The number of amides is 1. The first-order valence-electron chi connectivity index (χ1n) is 7.36. The van der Waals surface area contributed by atoms with Gasteiger partial charge in [-0.2, -0.15) is 13.2 Å². The topological polar surface area (TPSA) is 38.3 Å². The van der Waals surface area contributed by atoms with Crippen molar-refractivity contribution < 1.29 is 22.7 Å². The number of benzene rings is 2. The normalized spacial score (nSPS) is 11.8. The van der Waals surface area contributed by atoms with Gasteiger partial charge in [0.25, 0.3) is 0 Å². The molecule has 2 aromatic rings. The fraction of sp³-hybridized carbons (Fsp3) is 0.235. The Morgan fingerprint density at radius 3 is 1.76 bits per heavy atom. The van der Waals surface area contributed by atoms with Crippen molar-refractivity contribution in [1.82, 2.24) is 5.32 Å². The molecule has 2 aromatic carbocycles. The molecule has 0 aliphatic carbocycles. The fourth-order valence-electron chi connectivity index (χ4n) is 1.87. The number of thioether (sulfide) groups is 2. The smallest absolute Gasteiger partial charge is 0.431 e. The third-order valence-electron chi connectivity index (χ3n) is 2.92. The maximum absolute atomic E-state index is 14.0. The predicted octanol–water partition coefficient (Wildman–Crippen LogP) is 5.53. The minimum absolute atomic E-state index is 0.0220. The summed E-state index contributed by atoms with van der Waals surface area (Å²) < 4.78 is 44.2. The molecule has 8 heteroatoms. The number of hydrogen-bond donors (Lipinski definition) is 1. The maximum Gasteiger partial charge on any atom is 0.431 e. The van der Waals surface area contributed by atoms with Crippen LogP contribution in [0.3, 0.4) is 0 Å². The first-order chi connectivity index (χ1) is 11.9. The molecule has 0 heterocycles. The summed E-state index contributed by atoms with van der Waals surface area (Å²) in [5.74, 6) is 0. The first-order valence-corrected chi connectivity index (χ1v) is 8.99. The summed E-state index contributed by atoms with van der Waals surface area (Å²) >= 11 is 1.04. The Balaban J connectivity index is 2.42. The van der Waals surface area contributed by atoms with E-state index in [-0.39, 0.29) is 6.61 Å². The van der Waals surface area contributed by atoms with Gasteiger partial charge in [-0.1, -0.05) is 59.9 Å². The Morgan fingerprint density at radius 1 is 0.960 bits per heavy atom. The summed E-state index contributed by atoms with van der Waals surface area (Å²) in [6, 6.07) is 16.2. The zero-order valence-corrected chi connectivity index (χ0v) is 14.9. The highest BCUT2D eigenvalue weighted by molar-refractivity contribution is 8.18. The van der Waals surface area contributed by atoms with Crippen LogP contribution in [0, 0.1) is 0 Å². The molecule has 3 nitrogen and oxygen atoms in total. The van der Waals surface area contributed by atoms with Crippen molar-refractivity contribution in [2.75, 3.05) is 6.61 Å². The van der Waals surface area contributed by atoms with Crippen LogP contribution >= 0.6 is 23.5 Å². The maximum atomic E-state index is 14.0. The van der Waals surface area contributed by atoms with Crippen LogP contribution in [0.1, 0.15) is 6.92 Å². The zero-order chi connectivity index (χ0) is 18.3. The molecule has 0 aliphatic heterocycles. The Morgan fingerprint density at radius 2 is 1.40 bits per heavy atom. The molecule has 0 radical (unpaired) electrons. The van der Waals surface area contributed by atoms with E-state index in [1.807, 2.05) is 5.32 Å². The SMILES string of the molecule is CCOC(=O)NC(Sc1ccccc1)(Sc1ccccc1)C(F)(F)F. The second-order valence-corrected chi connectivity index (χ2v) is 7.62. The minimum atomic E-state index is -4.74. The van der Waals surface area contributed by atoms with E-state index in [4.69, 9.17) is 4.74 Å². The van der Waals surface area contributed by atoms with E-state index in [0.29, 0.717) is 33.3 Å². The number of hydrogen-bond acceptors (Lipinski definition) is 4. The van der Waals surface area contributed by atoms with E-state index in [1.165, 1.54) is 6.92 Å². The van der Waals surface area contributed by atoms with Gasteiger partial charge in [0, 0.05) is 9.79 Å². The van der Waals surface area contributed by atoms with Gasteiger partial charge in [0.2, 0.25) is 4.20 Å². The average Bonchev–Trinajstić information content (AvgIpc) is 2.55. The zero-order valence-electron chi connectivity index (χ0n) is 13.2. The molecular formula is C17H16F3NO2S2. The van der Waals surface area contributed by atoms with E-state index in [0.717, 1.165) is 0 Å². The summed E-state index contributed by atoms with van der Waals surface area (Å²) in [6.45, 7) is 1.51. The molecular weight excluding hydrogens is 371 g/mol. The van der Waals surface area contributed by atoms with E-state index >= 15 is 0 Å². The summed E-state index contributed by atoms with van der Waals surface area (Å²) in [6.07, 6.45) is -5.85. The lowest BCUT2D eigenvalue weighted by Crippen LogP contribution is -2.53. The van der Waals surface area contributed by atoms with Crippen molar-refractivity contribution in [3.63, 3.8) is 0 Å². The van der Waals surface area contributed by atoms with Crippen molar-refractivity contribution in [2.24, 2.45) is 0 Å². The molecule has 1 N–H and O–H groups in total. The molecule has 0 atom stereocenters. The summed E-state index contributed by atoms with van der Waals surface area (Å²) in [5.41, 5.74) is 0. The van der Waals surface area contributed by atoms with Crippen LogP contribution in [-0.2, 0) is 4.74 Å². The lowest BCUT2D eigenvalue weighted by atomic mass is 10.4. The molecule has 0 spiro atoms. The summed E-state index contributed by atoms with van der Waals surface area (Å²) in [5, 5.41) is 2.01. The van der Waals surface area contributed by atoms with Crippen LogP contribution in [-0.4, -0.2) is 23.1 Å². The molecule has 0 aliphatic rings. The summed E-state index contributed by atoms with van der Waals surface area (Å²) in [7, 11) is 0. The lowest BCUT2D eigenvalue weighted by Gasteiger charge is -2.34. The van der Waals surface area contributed by atoms with Gasteiger partial charge >= 0.3 is 12.3 Å². The monoisotopic (exact) mass is 387 g/mol. The van der Waals surface area contributed by atoms with Gasteiger partial charge in [0.15, 0.2) is 0 Å². The lowest BCUT2D eigenvalue weighted by molar-refractivity contribution is -0.142. The quantitative estimate of drug-likeness (QED) is 0.522. The first kappa shape index (κ1) is 19.5. The Labute approximate surface area is 152 Å². The van der Waals surface area contributed by atoms with Crippen LogP contribution in [0.15, 0.2) is 70.5 Å². The fourth-order valence-corrected chi connectivity index (χ4v) is 4.36. The number of carbonyl (C=O) groups excluding carboxylic acids is 1. The van der Waals surface area contributed by atoms with Crippen molar-refractivity contribution in [3.05, 3.63) is 60.7 Å². The van der Waals surface area contributed by atoms with Crippen LogP contribution < -0.4 is 5.32 Å². The van der Waals surface area contributed by atoms with Gasteiger partial charge < -0.3 is 4.74 Å². The average molecular weight is 387 g/mol. The number of carbonyl (C=O) groups is 1. The molecule has 0 unspecified atom stereocenters. The van der Waals surface area contributed by atoms with Gasteiger partial charge in [0.1, 0.15) is 0 Å². The third-order valence-corrected chi connectivity index (χ3v) is 5.68. The predicted molar refractivity (Wildman–Crippen MR) is 93.5 cm³/mol. The third kappa shape index (κ3) is 5.34. The number of alkyl halides is 3. The van der Waals surface area contributed by atoms with E-state index in [2.05, 4.69) is 0 Å². The van der Waals surface area contributed by atoms with Gasteiger partial charge in [-0.15, -0.1) is 0 Å². The van der Waals surface area contributed by atoms with Crippen molar-refractivity contribution in [2.45, 2.75) is 27.1 Å². The number of rotatable bonds is 6. The van der Waals surface area contributed by atoms with Crippen molar-refractivity contribution >= 4 is 29.6 Å². The minimum Gasteiger partial charge on any atom is -0.450 e. The molecule has 25 heavy (non-hydrogen) atoms. The molecule has 0 saturated carbocycles. The number of ether oxygens (including phenoxy) is 1. The van der Waals surface area contributed by atoms with Crippen LogP contribution in [0.25, 0.3) is 0 Å². The van der Waals surface area contributed by atoms with Gasteiger partial charge in [-0.05, 0) is 31.2 Å². The Bertz CT molecular complexity index is 640. The molecule has 0 bridgehead atoms. The molecule has 1 amide bonds. The van der Waals surface area contributed by atoms with E-state index in [9.17, 15) is 18.0 Å². The van der Waals surface area contributed by atoms with Crippen LogP contribution in [0.5, 0.6) is 0 Å². The largest absolute Gasteiger partial charge is 0.450 e. The highest BCUT2D eigenvalue weighted by Gasteiger charge is 2.58. The van der Waals surface area contributed by atoms with Crippen molar-refractivity contribution in [1.29, 1.82) is 0 Å². The second kappa shape index (κ2) is 8.53. The molecule has 0 saturated heterocycles. The van der Waals surface area contributed by atoms with Gasteiger partial charge in [0.05, 0.1) is 6.61 Å². The van der Waals surface area contributed by atoms with Crippen LogP contribution in [0.4, 0.5) is 18.0 Å². The highest BCUT2D eigenvalue weighted by atomic mass is 32.2. The standard InChI is InChI=1S/C17H16F3NO2S2/c1-2-23-15(22)21-17(16(18,19)20,24-13-9-5-3-6-10-13)25-14-11-7-4-8-12-14/h3-12H,2H2,1H3,(H,21,22).